The monoisotopic (exact) mass is 248 g/mol. The Kier molecular flexibility index (Phi) is 3.98. The fourth-order valence-electron chi connectivity index (χ4n) is 1.19. The van der Waals surface area contributed by atoms with Crippen LogP contribution >= 0.6 is 0 Å². The first-order valence-corrected chi connectivity index (χ1v) is 6.02. The van der Waals surface area contributed by atoms with Gasteiger partial charge in [0.05, 0.1) is 11.0 Å². The molecule has 0 radical (unpaired) electrons. The van der Waals surface area contributed by atoms with Crippen LogP contribution in [0.25, 0.3) is 0 Å². The van der Waals surface area contributed by atoms with Crippen LogP contribution in [-0.2, 0) is 10.0 Å². The van der Waals surface area contributed by atoms with Crippen LogP contribution in [0.15, 0.2) is 23.1 Å². The molecule has 1 rings (SSSR count). The number of hydrogen-bond acceptors (Lipinski definition) is 4. The first-order chi connectivity index (χ1) is 7.42. The third kappa shape index (κ3) is 2.56. The van der Waals surface area contributed by atoms with Gasteiger partial charge in [-0.15, -0.1) is 0 Å². The average molecular weight is 248 g/mol. The van der Waals surface area contributed by atoms with E-state index in [-0.39, 0.29) is 17.0 Å². The summed E-state index contributed by atoms with van der Waals surface area (Å²) in [6.07, 6.45) is -1.22. The van der Waals surface area contributed by atoms with Crippen molar-refractivity contribution in [2.24, 2.45) is 5.73 Å². The zero-order chi connectivity index (χ0) is 12.3. The van der Waals surface area contributed by atoms with Gasteiger partial charge >= 0.3 is 0 Å². The third-order valence-electron chi connectivity index (χ3n) is 2.13. The number of nitrogens with two attached hydrogens (primary N) is 1. The SMILES string of the molecule is CNS(=O)(=O)c1ccc(F)c(C(O)CN)c1. The minimum Gasteiger partial charge on any atom is -0.387 e. The van der Waals surface area contributed by atoms with E-state index in [0.29, 0.717) is 0 Å². The number of sulfonamides is 1. The molecule has 0 amide bonds. The highest BCUT2D eigenvalue weighted by atomic mass is 32.2. The van der Waals surface area contributed by atoms with Crippen LogP contribution in [0.2, 0.25) is 0 Å². The van der Waals surface area contributed by atoms with Crippen molar-refractivity contribution in [1.29, 1.82) is 0 Å². The van der Waals surface area contributed by atoms with E-state index in [9.17, 15) is 17.9 Å². The summed E-state index contributed by atoms with van der Waals surface area (Å²) in [5.74, 6) is -0.687. The Morgan fingerprint density at radius 1 is 1.56 bits per heavy atom. The molecule has 90 valence electrons. The van der Waals surface area contributed by atoms with Crippen LogP contribution in [0.3, 0.4) is 0 Å². The summed E-state index contributed by atoms with van der Waals surface area (Å²) in [5, 5.41) is 9.39. The Balaban J connectivity index is 3.28. The van der Waals surface area contributed by atoms with Gasteiger partial charge in [0, 0.05) is 12.1 Å². The molecule has 7 heteroatoms. The van der Waals surface area contributed by atoms with E-state index in [4.69, 9.17) is 5.73 Å². The van der Waals surface area contributed by atoms with Gasteiger partial charge in [-0.25, -0.2) is 17.5 Å². The summed E-state index contributed by atoms with van der Waals surface area (Å²) >= 11 is 0. The molecule has 0 heterocycles. The zero-order valence-electron chi connectivity index (χ0n) is 8.64. The van der Waals surface area contributed by atoms with Gasteiger partial charge in [0.15, 0.2) is 0 Å². The number of benzene rings is 1. The van der Waals surface area contributed by atoms with Crippen molar-refractivity contribution in [3.8, 4) is 0 Å². The topological polar surface area (TPSA) is 92.4 Å². The van der Waals surface area contributed by atoms with Crippen molar-refractivity contribution in [3.63, 3.8) is 0 Å². The minimum absolute atomic E-state index is 0.112. The highest BCUT2D eigenvalue weighted by Crippen LogP contribution is 2.20. The molecule has 1 unspecified atom stereocenters. The maximum absolute atomic E-state index is 13.3. The van der Waals surface area contributed by atoms with Crippen LogP contribution in [0.5, 0.6) is 0 Å². The van der Waals surface area contributed by atoms with Crippen molar-refractivity contribution in [2.75, 3.05) is 13.6 Å². The molecular weight excluding hydrogens is 235 g/mol. The number of halogens is 1. The van der Waals surface area contributed by atoms with E-state index in [1.54, 1.807) is 0 Å². The first-order valence-electron chi connectivity index (χ1n) is 4.53. The maximum atomic E-state index is 13.3. The Morgan fingerprint density at radius 3 is 2.69 bits per heavy atom. The highest BCUT2D eigenvalue weighted by Gasteiger charge is 2.17. The molecule has 4 N–H and O–H groups in total. The van der Waals surface area contributed by atoms with Gasteiger partial charge in [0.25, 0.3) is 0 Å². The zero-order valence-corrected chi connectivity index (χ0v) is 9.46. The smallest absolute Gasteiger partial charge is 0.240 e. The van der Waals surface area contributed by atoms with Crippen molar-refractivity contribution in [2.45, 2.75) is 11.0 Å². The molecule has 0 aliphatic carbocycles. The fraction of sp³-hybridized carbons (Fsp3) is 0.333. The molecule has 0 aliphatic rings. The highest BCUT2D eigenvalue weighted by molar-refractivity contribution is 7.89. The van der Waals surface area contributed by atoms with Crippen LogP contribution in [0.1, 0.15) is 11.7 Å². The van der Waals surface area contributed by atoms with Crippen molar-refractivity contribution in [1.82, 2.24) is 4.72 Å². The largest absolute Gasteiger partial charge is 0.387 e. The minimum atomic E-state index is -3.65. The van der Waals surface area contributed by atoms with E-state index in [0.717, 1.165) is 18.2 Å². The summed E-state index contributed by atoms with van der Waals surface area (Å²) in [6, 6.07) is 3.17. The van der Waals surface area contributed by atoms with Crippen LogP contribution in [-0.4, -0.2) is 27.1 Å². The van der Waals surface area contributed by atoms with Gasteiger partial charge in [0.1, 0.15) is 5.82 Å². The van der Waals surface area contributed by atoms with Gasteiger partial charge < -0.3 is 10.8 Å². The van der Waals surface area contributed by atoms with Crippen molar-refractivity contribution >= 4 is 10.0 Å². The maximum Gasteiger partial charge on any atom is 0.240 e. The second-order valence-electron chi connectivity index (χ2n) is 3.14. The summed E-state index contributed by atoms with van der Waals surface area (Å²) in [5.41, 5.74) is 5.06. The van der Waals surface area contributed by atoms with Gasteiger partial charge in [0.2, 0.25) is 10.0 Å². The van der Waals surface area contributed by atoms with Crippen molar-refractivity contribution in [3.05, 3.63) is 29.6 Å². The molecule has 1 aromatic rings. The van der Waals surface area contributed by atoms with Crippen LogP contribution in [0.4, 0.5) is 4.39 Å². The van der Waals surface area contributed by atoms with E-state index in [1.165, 1.54) is 7.05 Å². The molecule has 5 nitrogen and oxygen atoms in total. The number of aliphatic hydroxyl groups is 1. The first kappa shape index (κ1) is 13.0. The lowest BCUT2D eigenvalue weighted by molar-refractivity contribution is 0.181. The van der Waals surface area contributed by atoms with E-state index in [1.807, 2.05) is 0 Å². The van der Waals surface area contributed by atoms with Crippen LogP contribution < -0.4 is 10.5 Å². The molecule has 0 bridgehead atoms. The predicted molar refractivity (Wildman–Crippen MR) is 56.7 cm³/mol. The lowest BCUT2D eigenvalue weighted by Gasteiger charge is -2.11. The van der Waals surface area contributed by atoms with Crippen LogP contribution in [0, 0.1) is 5.82 Å². The Bertz CT molecular complexity index is 476. The second-order valence-corrected chi connectivity index (χ2v) is 5.03. The number of hydrogen-bond donors (Lipinski definition) is 3. The molecule has 1 aromatic carbocycles. The third-order valence-corrected chi connectivity index (χ3v) is 3.54. The molecular formula is C9H13FN2O3S. The van der Waals surface area contributed by atoms with Gasteiger partial charge in [-0.2, -0.15) is 0 Å². The molecule has 0 saturated carbocycles. The van der Waals surface area contributed by atoms with Gasteiger partial charge in [-0.1, -0.05) is 0 Å². The predicted octanol–water partition coefficient (Wildman–Crippen LogP) is -0.274. The number of nitrogens with one attached hydrogen (secondary N) is 1. The second kappa shape index (κ2) is 4.88. The van der Waals surface area contributed by atoms with Crippen molar-refractivity contribution < 1.29 is 17.9 Å². The molecule has 0 aliphatic heterocycles. The Morgan fingerprint density at radius 2 is 2.19 bits per heavy atom. The number of rotatable bonds is 4. The fourth-order valence-corrected chi connectivity index (χ4v) is 1.95. The summed E-state index contributed by atoms with van der Waals surface area (Å²) < 4.78 is 38.2. The molecule has 1 atom stereocenters. The average Bonchev–Trinajstić information content (AvgIpc) is 2.28. The molecule has 16 heavy (non-hydrogen) atoms. The number of aliphatic hydroxyl groups excluding tert-OH is 1. The molecule has 0 spiro atoms. The van der Waals surface area contributed by atoms with E-state index in [2.05, 4.69) is 4.72 Å². The lowest BCUT2D eigenvalue weighted by Crippen LogP contribution is -2.20. The summed E-state index contributed by atoms with van der Waals surface area (Å²) in [4.78, 5) is -0.112. The molecule has 0 saturated heterocycles. The molecule has 0 aromatic heterocycles. The van der Waals surface area contributed by atoms with E-state index < -0.39 is 21.9 Å². The summed E-state index contributed by atoms with van der Waals surface area (Å²) in [6.45, 7) is -0.181. The lowest BCUT2D eigenvalue weighted by atomic mass is 10.1. The van der Waals surface area contributed by atoms with Gasteiger partial charge in [-0.3, -0.25) is 0 Å². The normalized spacial score (nSPS) is 13.8. The Labute approximate surface area is 93.1 Å². The molecule has 0 fully saturated rings. The van der Waals surface area contributed by atoms with E-state index >= 15 is 0 Å². The van der Waals surface area contributed by atoms with Gasteiger partial charge in [-0.05, 0) is 25.2 Å². The summed E-state index contributed by atoms with van der Waals surface area (Å²) in [7, 11) is -2.40. The Hall–Kier alpha value is -1.02. The quantitative estimate of drug-likeness (QED) is 0.683. The standard InChI is InChI=1S/C9H13FN2O3S/c1-12-16(14,15)6-2-3-8(10)7(4-6)9(13)5-11/h2-4,9,12-13H,5,11H2,1H3.